The Kier molecular flexibility index (Phi) is 3.31. The van der Waals surface area contributed by atoms with E-state index in [2.05, 4.69) is 10.5 Å². The minimum Gasteiger partial charge on any atom is -0.355 e. The van der Waals surface area contributed by atoms with Crippen molar-refractivity contribution < 1.29 is 9.32 Å². The zero-order chi connectivity index (χ0) is 15.9. The highest BCUT2D eigenvalue weighted by Gasteiger charge is 2.53. The van der Waals surface area contributed by atoms with Gasteiger partial charge in [0.15, 0.2) is 5.76 Å². The second-order valence-electron chi connectivity index (χ2n) is 5.96. The summed E-state index contributed by atoms with van der Waals surface area (Å²) in [6.45, 7) is 2.02. The average Bonchev–Trinajstić information content (AvgIpc) is 2.99. The monoisotopic (exact) mass is 324 g/mol. The summed E-state index contributed by atoms with van der Waals surface area (Å²) in [4.78, 5) is 13.7. The molecule has 1 amide bonds. The van der Waals surface area contributed by atoms with Crippen LogP contribution < -0.4 is 5.32 Å². The van der Waals surface area contributed by atoms with Crippen molar-refractivity contribution in [2.45, 2.75) is 25.2 Å². The molecule has 0 spiro atoms. The fourth-order valence-corrected chi connectivity index (χ4v) is 3.32. The summed E-state index contributed by atoms with van der Waals surface area (Å²) >= 11 is 1.60. The maximum Gasteiger partial charge on any atom is 0.236 e. The first-order valence-electron chi connectivity index (χ1n) is 7.57. The van der Waals surface area contributed by atoms with E-state index in [1.807, 2.05) is 54.8 Å². The lowest BCUT2D eigenvalue weighted by Gasteiger charge is -2.12. The SMILES string of the molecule is Cc1ccc(NC(=O)C2(c3cc(-c4cccs4)on3)CC2)cc1. The number of hydrogen-bond acceptors (Lipinski definition) is 4. The maximum atomic E-state index is 12.7. The van der Waals surface area contributed by atoms with E-state index in [4.69, 9.17) is 4.52 Å². The Morgan fingerprint density at radius 3 is 2.70 bits per heavy atom. The lowest BCUT2D eigenvalue weighted by molar-refractivity contribution is -0.118. The van der Waals surface area contributed by atoms with Crippen molar-refractivity contribution in [1.82, 2.24) is 5.16 Å². The third kappa shape index (κ3) is 2.57. The summed E-state index contributed by atoms with van der Waals surface area (Å²) in [6.07, 6.45) is 1.61. The molecule has 1 fully saturated rings. The van der Waals surface area contributed by atoms with Crippen LogP contribution in [-0.4, -0.2) is 11.1 Å². The van der Waals surface area contributed by atoms with Gasteiger partial charge in [0.2, 0.25) is 5.91 Å². The fraction of sp³-hybridized carbons (Fsp3) is 0.222. The molecule has 0 bridgehead atoms. The van der Waals surface area contributed by atoms with Gasteiger partial charge in [-0.25, -0.2) is 0 Å². The number of carbonyl (C=O) groups excluding carboxylic acids is 1. The molecule has 116 valence electrons. The summed E-state index contributed by atoms with van der Waals surface area (Å²) < 4.78 is 5.43. The summed E-state index contributed by atoms with van der Waals surface area (Å²) in [5, 5.41) is 9.14. The Hall–Kier alpha value is -2.40. The van der Waals surface area contributed by atoms with Crippen LogP contribution in [-0.2, 0) is 10.2 Å². The van der Waals surface area contributed by atoms with Crippen molar-refractivity contribution >= 4 is 22.9 Å². The van der Waals surface area contributed by atoms with Crippen molar-refractivity contribution in [3.8, 4) is 10.6 Å². The van der Waals surface area contributed by atoms with Gasteiger partial charge in [-0.3, -0.25) is 4.79 Å². The van der Waals surface area contributed by atoms with Gasteiger partial charge in [0.05, 0.1) is 16.0 Å². The minimum atomic E-state index is -0.538. The van der Waals surface area contributed by atoms with E-state index in [9.17, 15) is 4.79 Å². The number of nitrogens with one attached hydrogen (secondary N) is 1. The Labute approximate surface area is 138 Å². The van der Waals surface area contributed by atoms with Crippen LogP contribution in [0.4, 0.5) is 5.69 Å². The highest BCUT2D eigenvalue weighted by atomic mass is 32.1. The summed E-state index contributed by atoms with van der Waals surface area (Å²) in [7, 11) is 0. The largest absolute Gasteiger partial charge is 0.355 e. The topological polar surface area (TPSA) is 55.1 Å². The van der Waals surface area contributed by atoms with Crippen molar-refractivity contribution in [3.05, 3.63) is 59.1 Å². The van der Waals surface area contributed by atoms with Crippen molar-refractivity contribution in [3.63, 3.8) is 0 Å². The first kappa shape index (κ1) is 14.2. The highest BCUT2D eigenvalue weighted by molar-refractivity contribution is 7.13. The zero-order valence-electron chi connectivity index (χ0n) is 12.7. The van der Waals surface area contributed by atoms with Gasteiger partial charge in [-0.15, -0.1) is 11.3 Å². The summed E-state index contributed by atoms with van der Waals surface area (Å²) in [5.41, 5.74) is 2.17. The van der Waals surface area contributed by atoms with E-state index in [1.165, 1.54) is 5.56 Å². The smallest absolute Gasteiger partial charge is 0.236 e. The van der Waals surface area contributed by atoms with Crippen molar-refractivity contribution in [1.29, 1.82) is 0 Å². The van der Waals surface area contributed by atoms with Gasteiger partial charge < -0.3 is 9.84 Å². The molecule has 1 aliphatic carbocycles. The molecule has 1 aliphatic rings. The second-order valence-corrected chi connectivity index (χ2v) is 6.90. The van der Waals surface area contributed by atoms with E-state index in [-0.39, 0.29) is 5.91 Å². The Bertz CT molecular complexity index is 830. The van der Waals surface area contributed by atoms with E-state index in [0.29, 0.717) is 0 Å². The molecule has 0 saturated heterocycles. The summed E-state index contributed by atoms with van der Waals surface area (Å²) in [5.74, 6) is 0.719. The molecule has 3 aromatic rings. The lowest BCUT2D eigenvalue weighted by atomic mass is 10.0. The second kappa shape index (κ2) is 5.35. The fourth-order valence-electron chi connectivity index (χ4n) is 2.65. The predicted octanol–water partition coefficient (Wildman–Crippen LogP) is 4.38. The van der Waals surface area contributed by atoms with E-state index in [0.717, 1.165) is 34.9 Å². The molecule has 1 saturated carbocycles. The van der Waals surface area contributed by atoms with Gasteiger partial charge in [0.25, 0.3) is 0 Å². The molecule has 2 heterocycles. The molecular formula is C18H16N2O2S. The molecule has 2 aromatic heterocycles. The van der Waals surface area contributed by atoms with Crippen LogP contribution in [0.15, 0.2) is 52.4 Å². The Balaban J connectivity index is 1.56. The number of amides is 1. The van der Waals surface area contributed by atoms with Gasteiger partial charge >= 0.3 is 0 Å². The standard InChI is InChI=1S/C18H16N2O2S/c1-12-4-6-13(7-5-12)19-17(21)18(8-9-18)16-11-14(22-20-16)15-3-2-10-23-15/h2-7,10-11H,8-9H2,1H3,(H,19,21). The van der Waals surface area contributed by atoms with Crippen molar-refractivity contribution in [2.75, 3.05) is 5.32 Å². The van der Waals surface area contributed by atoms with Crippen LogP contribution in [0.1, 0.15) is 24.1 Å². The predicted molar refractivity (Wildman–Crippen MR) is 90.5 cm³/mol. The molecular weight excluding hydrogens is 308 g/mol. The number of rotatable bonds is 4. The number of carbonyl (C=O) groups is 1. The molecule has 0 unspecified atom stereocenters. The summed E-state index contributed by atoms with van der Waals surface area (Å²) in [6, 6.07) is 13.7. The number of nitrogens with zero attached hydrogens (tertiary/aromatic N) is 1. The van der Waals surface area contributed by atoms with Gasteiger partial charge in [-0.2, -0.15) is 0 Å². The number of benzene rings is 1. The van der Waals surface area contributed by atoms with Crippen LogP contribution in [0, 0.1) is 6.92 Å². The number of aromatic nitrogens is 1. The molecule has 0 aliphatic heterocycles. The molecule has 0 atom stereocenters. The number of hydrogen-bond donors (Lipinski definition) is 1. The number of anilines is 1. The van der Waals surface area contributed by atoms with Crippen molar-refractivity contribution in [2.24, 2.45) is 0 Å². The normalized spacial score (nSPS) is 15.3. The third-order valence-electron chi connectivity index (χ3n) is 4.26. The first-order chi connectivity index (χ1) is 11.2. The molecule has 1 N–H and O–H groups in total. The van der Waals surface area contributed by atoms with Gasteiger partial charge in [0, 0.05) is 11.8 Å². The molecule has 5 heteroatoms. The molecule has 1 aromatic carbocycles. The lowest BCUT2D eigenvalue weighted by Crippen LogP contribution is -2.28. The van der Waals surface area contributed by atoms with E-state index >= 15 is 0 Å². The molecule has 4 rings (SSSR count). The van der Waals surface area contributed by atoms with Crippen LogP contribution >= 0.6 is 11.3 Å². The number of aryl methyl sites for hydroxylation is 1. The zero-order valence-corrected chi connectivity index (χ0v) is 13.5. The van der Waals surface area contributed by atoms with Crippen LogP contribution in [0.2, 0.25) is 0 Å². The minimum absolute atomic E-state index is 0.00705. The Morgan fingerprint density at radius 2 is 2.04 bits per heavy atom. The van der Waals surface area contributed by atoms with E-state index < -0.39 is 5.41 Å². The van der Waals surface area contributed by atoms with Gasteiger partial charge in [-0.1, -0.05) is 28.9 Å². The highest BCUT2D eigenvalue weighted by Crippen LogP contribution is 2.49. The third-order valence-corrected chi connectivity index (χ3v) is 5.14. The van der Waals surface area contributed by atoms with Crippen LogP contribution in [0.3, 0.4) is 0 Å². The first-order valence-corrected chi connectivity index (χ1v) is 8.45. The quantitative estimate of drug-likeness (QED) is 0.775. The molecule has 23 heavy (non-hydrogen) atoms. The van der Waals surface area contributed by atoms with Crippen LogP contribution in [0.25, 0.3) is 10.6 Å². The Morgan fingerprint density at radius 1 is 1.26 bits per heavy atom. The molecule has 4 nitrogen and oxygen atoms in total. The average molecular weight is 324 g/mol. The van der Waals surface area contributed by atoms with Gasteiger partial charge in [0.1, 0.15) is 0 Å². The number of thiophene rings is 1. The molecule has 0 radical (unpaired) electrons. The van der Waals surface area contributed by atoms with E-state index in [1.54, 1.807) is 11.3 Å². The maximum absolute atomic E-state index is 12.7. The van der Waals surface area contributed by atoms with Crippen LogP contribution in [0.5, 0.6) is 0 Å². The van der Waals surface area contributed by atoms with Gasteiger partial charge in [-0.05, 0) is 43.3 Å².